The molecule has 1 aromatic heterocycles. The molecule has 226 valence electrons. The minimum absolute atomic E-state index is 0. The van der Waals surface area contributed by atoms with Crippen LogP contribution in [-0.4, -0.2) is 40.1 Å². The zero-order valence-electron chi connectivity index (χ0n) is 24.5. The van der Waals surface area contributed by atoms with Crippen LogP contribution >= 0.6 is 0 Å². The Morgan fingerprint density at radius 2 is 0.957 bits per heavy atom. The number of rotatable bonds is 10. The molecule has 14 heteroatoms. The third-order valence-corrected chi connectivity index (χ3v) is 6.02. The molecule has 0 amide bonds. The fraction of sp³-hybridized carbons (Fsp3) is 0. The maximum absolute atomic E-state index is 13.7. The van der Waals surface area contributed by atoms with E-state index in [9.17, 15) is 24.4 Å². The van der Waals surface area contributed by atoms with E-state index in [-0.39, 0.29) is 78.5 Å². The van der Waals surface area contributed by atoms with Crippen molar-refractivity contribution in [2.24, 2.45) is 10.3 Å². The van der Waals surface area contributed by atoms with Crippen LogP contribution in [0.3, 0.4) is 0 Å². The molecular formula is C33H20KN5O8. The van der Waals surface area contributed by atoms with Gasteiger partial charge in [-0.2, -0.15) is 0 Å². The summed E-state index contributed by atoms with van der Waals surface area (Å²) in [4.78, 5) is 62.6. The number of Topliss-reactive ketones (excluding diaryl/α,β-unsaturated/α-hetero) is 2. The van der Waals surface area contributed by atoms with E-state index in [1.807, 2.05) is 0 Å². The fourth-order valence-electron chi connectivity index (χ4n) is 3.87. The monoisotopic (exact) mass is 653 g/mol. The summed E-state index contributed by atoms with van der Waals surface area (Å²) in [6, 6.07) is 31.0. The molecule has 0 bridgehead atoms. The van der Waals surface area contributed by atoms with Gasteiger partial charge in [0.2, 0.25) is 23.0 Å². The van der Waals surface area contributed by atoms with Crippen molar-refractivity contribution < 1.29 is 89.8 Å². The van der Waals surface area contributed by atoms with E-state index in [1.165, 1.54) is 48.5 Å². The standard InChI is InChI=1S/C32H20N4O8.CN.K/c37-29(21-13-5-1-6-14-21)26(33-42-31(39)23-17-9-3-10-18-23)25-28(36(41)44-35-25)27(30(38)22-15-7-2-8-16-22)34-43-32(40)24-19-11-4-12-20-24;1-2;/h1-20H;;/q;-1;+1/b33-26+,34-27-;;. The average Bonchev–Trinajstić information content (AvgIpc) is 3.50. The van der Waals surface area contributed by atoms with Gasteiger partial charge >= 0.3 is 63.3 Å². The Bertz CT molecular complexity index is 1930. The van der Waals surface area contributed by atoms with E-state index in [1.54, 1.807) is 72.8 Å². The topological polar surface area (TPSA) is 188 Å². The van der Waals surface area contributed by atoms with Gasteiger partial charge in [0.15, 0.2) is 0 Å². The van der Waals surface area contributed by atoms with Gasteiger partial charge in [-0.05, 0) is 29.2 Å². The van der Waals surface area contributed by atoms with E-state index in [4.69, 9.17) is 26.1 Å². The van der Waals surface area contributed by atoms with Gasteiger partial charge < -0.3 is 26.7 Å². The first-order valence-electron chi connectivity index (χ1n) is 13.1. The fourth-order valence-corrected chi connectivity index (χ4v) is 3.87. The van der Waals surface area contributed by atoms with Gasteiger partial charge in [0.05, 0.1) is 11.1 Å². The number of ketones is 2. The Balaban J connectivity index is 0.00000196. The minimum atomic E-state index is -0.939. The molecule has 0 atom stereocenters. The number of hydrogen-bond donors (Lipinski definition) is 0. The predicted molar refractivity (Wildman–Crippen MR) is 159 cm³/mol. The second kappa shape index (κ2) is 17.9. The summed E-state index contributed by atoms with van der Waals surface area (Å²) in [5, 5.41) is 30.4. The molecule has 0 spiro atoms. The zero-order valence-corrected chi connectivity index (χ0v) is 27.7. The Kier molecular flexibility index (Phi) is 13.7. The number of carbonyl (C=O) groups excluding carboxylic acids is 4. The molecule has 47 heavy (non-hydrogen) atoms. The summed E-state index contributed by atoms with van der Waals surface area (Å²) in [5.41, 5.74) is -2.37. The van der Waals surface area contributed by atoms with E-state index in [2.05, 4.69) is 15.5 Å². The van der Waals surface area contributed by atoms with Crippen molar-refractivity contribution in [3.8, 4) is 0 Å². The number of carbonyl (C=O) groups is 4. The van der Waals surface area contributed by atoms with Crippen molar-refractivity contribution >= 4 is 34.9 Å². The molecule has 0 fully saturated rings. The van der Waals surface area contributed by atoms with Gasteiger partial charge in [0, 0.05) is 16.3 Å². The molecule has 5 aromatic rings. The number of hydrogen-bond acceptors (Lipinski definition) is 12. The zero-order chi connectivity index (χ0) is 32.9. The van der Waals surface area contributed by atoms with E-state index < -0.39 is 46.3 Å². The number of aromatic nitrogens is 2. The van der Waals surface area contributed by atoms with Crippen molar-refractivity contribution in [3.63, 3.8) is 0 Å². The summed E-state index contributed by atoms with van der Waals surface area (Å²) in [6.07, 6.45) is 0. The maximum atomic E-state index is 13.7. The number of oxime groups is 2. The van der Waals surface area contributed by atoms with Gasteiger partial charge in [0.25, 0.3) is 11.4 Å². The van der Waals surface area contributed by atoms with Crippen molar-refractivity contribution in [1.82, 2.24) is 5.16 Å². The smallest absolute Gasteiger partial charge is 0.512 e. The van der Waals surface area contributed by atoms with Crippen molar-refractivity contribution in [2.45, 2.75) is 0 Å². The Morgan fingerprint density at radius 1 is 0.617 bits per heavy atom. The average molecular weight is 654 g/mol. The van der Waals surface area contributed by atoms with Gasteiger partial charge in [-0.25, -0.2) is 9.59 Å². The molecule has 0 radical (unpaired) electrons. The third kappa shape index (κ3) is 9.07. The van der Waals surface area contributed by atoms with Crippen molar-refractivity contribution in [3.05, 3.63) is 167 Å². The van der Waals surface area contributed by atoms with Crippen LogP contribution in [0.2, 0.25) is 0 Å². The van der Waals surface area contributed by atoms with Gasteiger partial charge in [0.1, 0.15) is 0 Å². The molecule has 5 rings (SSSR count). The quantitative estimate of drug-likeness (QED) is 0.0404. The van der Waals surface area contributed by atoms with E-state index in [0.29, 0.717) is 0 Å². The molecule has 4 aromatic carbocycles. The molecule has 0 aliphatic carbocycles. The first kappa shape index (κ1) is 36.0. The summed E-state index contributed by atoms with van der Waals surface area (Å²) in [5.74, 6) is -3.58. The van der Waals surface area contributed by atoms with Crippen molar-refractivity contribution in [2.75, 3.05) is 0 Å². The summed E-state index contributed by atoms with van der Waals surface area (Å²) >= 11 is 0. The van der Waals surface area contributed by atoms with E-state index in [0.717, 1.165) is 0 Å². The summed E-state index contributed by atoms with van der Waals surface area (Å²) < 4.78 is 4.78. The summed E-state index contributed by atoms with van der Waals surface area (Å²) in [7, 11) is 0. The molecular weight excluding hydrogens is 633 g/mol. The van der Waals surface area contributed by atoms with Crippen LogP contribution in [0, 0.1) is 17.0 Å². The van der Waals surface area contributed by atoms with Crippen LogP contribution in [0.15, 0.2) is 136 Å². The van der Waals surface area contributed by atoms with Crippen LogP contribution in [0.5, 0.6) is 0 Å². The van der Waals surface area contributed by atoms with Gasteiger partial charge in [-0.1, -0.05) is 107 Å². The molecule has 13 nitrogen and oxygen atoms in total. The SMILES string of the molecule is O=C(O/N=C(\C(=O)c1ccccc1)c1c(/C(=N\OC(=O)c2ccccc2)C(=O)c2ccccc2)no[n+]1[O-])c1ccccc1.[C-]#N.[K+]. The first-order valence-corrected chi connectivity index (χ1v) is 13.1. The van der Waals surface area contributed by atoms with Crippen LogP contribution in [0.1, 0.15) is 52.8 Å². The molecule has 0 saturated heterocycles. The predicted octanol–water partition coefficient (Wildman–Crippen LogP) is 1.30. The third-order valence-electron chi connectivity index (χ3n) is 6.02. The van der Waals surface area contributed by atoms with Crippen LogP contribution in [-0.2, 0) is 9.68 Å². The normalized spacial score (nSPS) is 10.8. The van der Waals surface area contributed by atoms with Crippen LogP contribution in [0.25, 0.3) is 0 Å². The number of nitrogens with zero attached hydrogens (tertiary/aromatic N) is 5. The largest absolute Gasteiger partial charge is 1.00 e. The minimum Gasteiger partial charge on any atom is -0.512 e. The van der Waals surface area contributed by atoms with Crippen molar-refractivity contribution in [1.29, 1.82) is 5.26 Å². The molecule has 0 unspecified atom stereocenters. The maximum Gasteiger partial charge on any atom is 1.00 e. The summed E-state index contributed by atoms with van der Waals surface area (Å²) in [6.45, 7) is 4.75. The second-order valence-electron chi connectivity index (χ2n) is 8.89. The Hall–Kier alpha value is -5.43. The Labute approximate surface area is 309 Å². The molecule has 0 aliphatic rings. The molecule has 1 heterocycles. The molecule has 0 N–H and O–H groups in total. The van der Waals surface area contributed by atoms with Crippen LogP contribution < -0.4 is 56.3 Å². The Morgan fingerprint density at radius 3 is 1.36 bits per heavy atom. The molecule has 0 saturated carbocycles. The molecule has 0 aliphatic heterocycles. The second-order valence-corrected chi connectivity index (χ2v) is 8.89. The first-order chi connectivity index (χ1) is 22.4. The van der Waals surface area contributed by atoms with Crippen LogP contribution in [0.4, 0.5) is 0 Å². The van der Waals surface area contributed by atoms with Gasteiger partial charge in [-0.3, -0.25) is 14.2 Å². The van der Waals surface area contributed by atoms with Gasteiger partial charge in [-0.15, -0.1) is 0 Å². The van der Waals surface area contributed by atoms with E-state index >= 15 is 0 Å². The number of benzene rings is 4.